The quantitative estimate of drug-likeness (QED) is 0.893. The summed E-state index contributed by atoms with van der Waals surface area (Å²) in [5.41, 5.74) is 1.70. The van der Waals surface area contributed by atoms with Crippen LogP contribution in [-0.2, 0) is 6.54 Å². The van der Waals surface area contributed by atoms with E-state index in [4.69, 9.17) is 5.26 Å². The van der Waals surface area contributed by atoms with E-state index in [-0.39, 0.29) is 0 Å². The lowest BCUT2D eigenvalue weighted by atomic mass is 10.0. The number of rotatable bonds is 5. The number of aromatic nitrogens is 1. The van der Waals surface area contributed by atoms with Crippen molar-refractivity contribution in [1.82, 2.24) is 15.2 Å². The Balaban J connectivity index is 1.99. The van der Waals surface area contributed by atoms with Crippen LogP contribution in [0.3, 0.4) is 0 Å². The molecule has 1 aliphatic heterocycles. The van der Waals surface area contributed by atoms with Gasteiger partial charge in [-0.15, -0.1) is 0 Å². The van der Waals surface area contributed by atoms with E-state index in [1.807, 2.05) is 12.1 Å². The van der Waals surface area contributed by atoms with Crippen LogP contribution in [0.5, 0.6) is 0 Å². The number of nitrogens with one attached hydrogen (secondary N) is 1. The standard InChI is InChI=1S/C16H24N4/c1-13(2)19-11-16-5-3-4-8-20(16)12-14-6-7-18-15(9-14)10-17/h6-7,9,13,16,19H,3-5,8,11-12H2,1-2H3. The highest BCUT2D eigenvalue weighted by molar-refractivity contribution is 5.25. The van der Waals surface area contributed by atoms with Crippen LogP contribution in [0.25, 0.3) is 0 Å². The summed E-state index contributed by atoms with van der Waals surface area (Å²) < 4.78 is 0. The summed E-state index contributed by atoms with van der Waals surface area (Å²) in [6.45, 7) is 7.49. The van der Waals surface area contributed by atoms with Crippen molar-refractivity contribution in [2.45, 2.75) is 51.7 Å². The molecule has 2 heterocycles. The van der Waals surface area contributed by atoms with Gasteiger partial charge in [-0.2, -0.15) is 5.26 Å². The van der Waals surface area contributed by atoms with Gasteiger partial charge in [-0.05, 0) is 37.1 Å². The number of hydrogen-bond donors (Lipinski definition) is 1. The van der Waals surface area contributed by atoms with Gasteiger partial charge in [-0.25, -0.2) is 4.98 Å². The highest BCUT2D eigenvalue weighted by Crippen LogP contribution is 2.19. The van der Waals surface area contributed by atoms with Crippen molar-refractivity contribution in [2.24, 2.45) is 0 Å². The van der Waals surface area contributed by atoms with Crippen LogP contribution in [0.15, 0.2) is 18.3 Å². The highest BCUT2D eigenvalue weighted by Gasteiger charge is 2.22. The molecular weight excluding hydrogens is 248 g/mol. The zero-order chi connectivity index (χ0) is 14.4. The van der Waals surface area contributed by atoms with Crippen LogP contribution < -0.4 is 5.32 Å². The van der Waals surface area contributed by atoms with Crippen molar-refractivity contribution in [3.63, 3.8) is 0 Å². The molecular formula is C16H24N4. The van der Waals surface area contributed by atoms with Gasteiger partial charge in [0, 0.05) is 31.4 Å². The Kier molecular flexibility index (Phi) is 5.51. The molecule has 0 spiro atoms. The van der Waals surface area contributed by atoms with Gasteiger partial charge in [0.05, 0.1) is 0 Å². The molecule has 1 saturated heterocycles. The third-order valence-electron chi connectivity index (χ3n) is 3.84. The van der Waals surface area contributed by atoms with Crippen LogP contribution in [-0.4, -0.2) is 35.1 Å². The lowest BCUT2D eigenvalue weighted by Gasteiger charge is -2.36. The minimum Gasteiger partial charge on any atom is -0.313 e. The zero-order valence-corrected chi connectivity index (χ0v) is 12.5. The Morgan fingerprint density at radius 2 is 2.35 bits per heavy atom. The summed E-state index contributed by atoms with van der Waals surface area (Å²) in [6.07, 6.45) is 5.59. The monoisotopic (exact) mass is 272 g/mol. The summed E-state index contributed by atoms with van der Waals surface area (Å²) in [7, 11) is 0. The number of likely N-dealkylation sites (tertiary alicyclic amines) is 1. The molecule has 0 radical (unpaired) electrons. The predicted molar refractivity (Wildman–Crippen MR) is 80.1 cm³/mol. The third kappa shape index (κ3) is 4.29. The van der Waals surface area contributed by atoms with Gasteiger partial charge in [-0.1, -0.05) is 20.3 Å². The first-order valence-corrected chi connectivity index (χ1v) is 7.51. The Morgan fingerprint density at radius 3 is 3.10 bits per heavy atom. The topological polar surface area (TPSA) is 52.0 Å². The Labute approximate surface area is 121 Å². The van der Waals surface area contributed by atoms with Gasteiger partial charge in [-0.3, -0.25) is 4.90 Å². The van der Waals surface area contributed by atoms with Crippen molar-refractivity contribution < 1.29 is 0 Å². The maximum Gasteiger partial charge on any atom is 0.140 e. The van der Waals surface area contributed by atoms with Crippen LogP contribution in [0.2, 0.25) is 0 Å². The Morgan fingerprint density at radius 1 is 1.50 bits per heavy atom. The van der Waals surface area contributed by atoms with Gasteiger partial charge < -0.3 is 5.32 Å². The predicted octanol–water partition coefficient (Wildman–Crippen LogP) is 2.31. The van der Waals surface area contributed by atoms with Gasteiger partial charge >= 0.3 is 0 Å². The summed E-state index contributed by atoms with van der Waals surface area (Å²) in [6, 6.07) is 7.17. The molecule has 4 heteroatoms. The smallest absolute Gasteiger partial charge is 0.140 e. The fraction of sp³-hybridized carbons (Fsp3) is 0.625. The summed E-state index contributed by atoms with van der Waals surface area (Å²) in [5.74, 6) is 0. The van der Waals surface area contributed by atoms with Crippen molar-refractivity contribution in [2.75, 3.05) is 13.1 Å². The van der Waals surface area contributed by atoms with Gasteiger partial charge in [0.2, 0.25) is 0 Å². The third-order valence-corrected chi connectivity index (χ3v) is 3.84. The maximum atomic E-state index is 8.93. The first-order valence-electron chi connectivity index (χ1n) is 7.51. The molecule has 1 aliphatic rings. The minimum absolute atomic E-state index is 0.511. The highest BCUT2D eigenvalue weighted by atomic mass is 15.2. The lowest BCUT2D eigenvalue weighted by Crippen LogP contribution is -2.46. The molecule has 1 N–H and O–H groups in total. The summed E-state index contributed by atoms with van der Waals surface area (Å²) in [4.78, 5) is 6.57. The van der Waals surface area contributed by atoms with E-state index in [1.54, 1.807) is 6.20 Å². The van der Waals surface area contributed by atoms with E-state index in [0.29, 0.717) is 17.8 Å². The van der Waals surface area contributed by atoms with Crippen LogP contribution in [0.4, 0.5) is 0 Å². The molecule has 108 valence electrons. The second kappa shape index (κ2) is 7.37. The number of piperidine rings is 1. The Bertz CT molecular complexity index is 464. The number of nitriles is 1. The SMILES string of the molecule is CC(C)NCC1CCCCN1Cc1ccnc(C#N)c1. The van der Waals surface area contributed by atoms with Crippen LogP contribution >= 0.6 is 0 Å². The molecule has 1 aromatic rings. The van der Waals surface area contributed by atoms with E-state index in [2.05, 4.69) is 35.1 Å². The molecule has 20 heavy (non-hydrogen) atoms. The minimum atomic E-state index is 0.511. The van der Waals surface area contributed by atoms with E-state index in [0.717, 1.165) is 19.6 Å². The number of pyridine rings is 1. The average Bonchev–Trinajstić information content (AvgIpc) is 2.46. The molecule has 2 rings (SSSR count). The fourth-order valence-corrected chi connectivity index (χ4v) is 2.74. The molecule has 0 saturated carbocycles. The second-order valence-electron chi connectivity index (χ2n) is 5.84. The van der Waals surface area contributed by atoms with Gasteiger partial charge in [0.25, 0.3) is 0 Å². The van der Waals surface area contributed by atoms with Crippen molar-refractivity contribution in [1.29, 1.82) is 5.26 Å². The summed E-state index contributed by atoms with van der Waals surface area (Å²) in [5, 5.41) is 12.5. The average molecular weight is 272 g/mol. The molecule has 1 fully saturated rings. The normalized spacial score (nSPS) is 20.0. The molecule has 0 amide bonds. The maximum absolute atomic E-state index is 8.93. The summed E-state index contributed by atoms with van der Waals surface area (Å²) >= 11 is 0. The molecule has 1 unspecified atom stereocenters. The molecule has 1 aromatic heterocycles. The van der Waals surface area contributed by atoms with Crippen LogP contribution in [0.1, 0.15) is 44.4 Å². The molecule has 0 bridgehead atoms. The number of nitrogens with zero attached hydrogens (tertiary/aromatic N) is 3. The van der Waals surface area contributed by atoms with E-state index >= 15 is 0 Å². The van der Waals surface area contributed by atoms with Crippen molar-refractivity contribution in [3.8, 4) is 6.07 Å². The molecule has 0 aromatic carbocycles. The van der Waals surface area contributed by atoms with Crippen molar-refractivity contribution >= 4 is 0 Å². The van der Waals surface area contributed by atoms with Crippen LogP contribution in [0, 0.1) is 11.3 Å². The number of hydrogen-bond acceptors (Lipinski definition) is 4. The first-order chi connectivity index (χ1) is 9.69. The lowest BCUT2D eigenvalue weighted by molar-refractivity contribution is 0.135. The second-order valence-corrected chi connectivity index (χ2v) is 5.84. The molecule has 0 aliphatic carbocycles. The molecule has 1 atom stereocenters. The van der Waals surface area contributed by atoms with E-state index < -0.39 is 0 Å². The van der Waals surface area contributed by atoms with Gasteiger partial charge in [0.1, 0.15) is 11.8 Å². The zero-order valence-electron chi connectivity index (χ0n) is 12.5. The largest absolute Gasteiger partial charge is 0.313 e. The van der Waals surface area contributed by atoms with Crippen molar-refractivity contribution in [3.05, 3.63) is 29.6 Å². The first kappa shape index (κ1) is 15.0. The Hall–Kier alpha value is -1.44. The van der Waals surface area contributed by atoms with E-state index in [1.165, 1.54) is 24.8 Å². The molecule has 4 nitrogen and oxygen atoms in total. The fourth-order valence-electron chi connectivity index (χ4n) is 2.74. The van der Waals surface area contributed by atoms with Gasteiger partial charge in [0.15, 0.2) is 0 Å². The van der Waals surface area contributed by atoms with E-state index in [9.17, 15) is 0 Å².